The molecule has 4 saturated heterocycles. The average Bonchev–Trinajstić information content (AvgIpc) is 2.92. The summed E-state index contributed by atoms with van der Waals surface area (Å²) in [6.07, 6.45) is -29.7. The van der Waals surface area contributed by atoms with Crippen molar-refractivity contribution in [1.29, 1.82) is 0 Å². The monoisotopic (exact) mass is 602 g/mol. The molecule has 0 saturated carbocycles. The van der Waals surface area contributed by atoms with Crippen LogP contribution in [0.25, 0.3) is 0 Å². The van der Waals surface area contributed by atoms with Crippen molar-refractivity contribution in [1.82, 2.24) is 0 Å². The summed E-state index contributed by atoms with van der Waals surface area (Å²) >= 11 is 0. The molecule has 0 aromatic heterocycles. The van der Waals surface area contributed by atoms with Crippen LogP contribution in [0.2, 0.25) is 0 Å². The van der Waals surface area contributed by atoms with E-state index in [1.807, 2.05) is 0 Å². The minimum Gasteiger partial charge on any atom is -0.388 e. The van der Waals surface area contributed by atoms with Crippen LogP contribution < -0.4 is 0 Å². The average molecular weight is 603 g/mol. The second-order valence-corrected chi connectivity index (χ2v) is 11.1. The predicted molar refractivity (Wildman–Crippen MR) is 128 cm³/mol. The number of rotatable bonds is 6. The molecular weight excluding hydrogens is 560 g/mol. The van der Waals surface area contributed by atoms with Gasteiger partial charge in [-0.15, -0.1) is 0 Å². The molecule has 4 aliphatic heterocycles. The highest BCUT2D eigenvalue weighted by atomic mass is 16.8. The van der Waals surface area contributed by atoms with E-state index >= 15 is 0 Å². The minimum absolute atomic E-state index is 0.947. The Labute approximate surface area is 235 Å². The first-order valence-corrected chi connectivity index (χ1v) is 13.5. The van der Waals surface area contributed by atoms with Gasteiger partial charge in [-0.2, -0.15) is 0 Å². The van der Waals surface area contributed by atoms with Crippen molar-refractivity contribution in [2.75, 3.05) is 0 Å². The summed E-state index contributed by atoms with van der Waals surface area (Å²) < 4.78 is 38.9. The van der Waals surface area contributed by atoms with Gasteiger partial charge in [0.05, 0.1) is 24.4 Å². The van der Waals surface area contributed by atoms with Crippen LogP contribution in [0, 0.1) is 0 Å². The van der Waals surface area contributed by atoms with Crippen molar-refractivity contribution < 1.29 is 84.2 Å². The fourth-order valence-corrected chi connectivity index (χ4v) is 5.29. The molecule has 0 aromatic rings. The lowest BCUT2D eigenvalue weighted by Crippen LogP contribution is -2.66. The molecule has 0 bridgehead atoms. The van der Waals surface area contributed by atoms with Gasteiger partial charge in [0.15, 0.2) is 25.2 Å². The number of aliphatic hydroxyl groups excluding tert-OH is 10. The largest absolute Gasteiger partial charge is 0.388 e. The lowest BCUT2D eigenvalue weighted by atomic mass is 9.96. The third-order valence-electron chi connectivity index (χ3n) is 8.05. The van der Waals surface area contributed by atoms with Gasteiger partial charge >= 0.3 is 0 Å². The van der Waals surface area contributed by atoms with E-state index in [0.717, 1.165) is 0 Å². The van der Waals surface area contributed by atoms with Crippen LogP contribution in [0.4, 0.5) is 0 Å². The van der Waals surface area contributed by atoms with Crippen LogP contribution in [0.15, 0.2) is 0 Å². The van der Waals surface area contributed by atoms with Crippen molar-refractivity contribution in [3.8, 4) is 0 Å². The van der Waals surface area contributed by atoms with Crippen LogP contribution in [-0.4, -0.2) is 174 Å². The Morgan fingerprint density at radius 3 is 1.32 bits per heavy atom. The van der Waals surface area contributed by atoms with Crippen LogP contribution in [0.1, 0.15) is 27.7 Å². The molecule has 0 aromatic carbocycles. The molecule has 4 heterocycles. The summed E-state index contributed by atoms with van der Waals surface area (Å²) in [7, 11) is 0. The number of hydrogen-bond acceptors (Lipinski definition) is 17. The van der Waals surface area contributed by atoms with Gasteiger partial charge in [0.1, 0.15) is 73.2 Å². The van der Waals surface area contributed by atoms with Crippen molar-refractivity contribution in [2.24, 2.45) is 0 Å². The Kier molecular flexibility index (Phi) is 10.6. The highest BCUT2D eigenvalue weighted by Gasteiger charge is 2.54. The molecule has 17 nitrogen and oxygen atoms in total. The van der Waals surface area contributed by atoms with E-state index in [-0.39, 0.29) is 0 Å². The van der Waals surface area contributed by atoms with E-state index in [2.05, 4.69) is 0 Å². The summed E-state index contributed by atoms with van der Waals surface area (Å²) in [6, 6.07) is 0. The minimum atomic E-state index is -1.80. The summed E-state index contributed by atoms with van der Waals surface area (Å²) in [5, 5.41) is 104. The molecule has 0 amide bonds. The molecule has 240 valence electrons. The maximum Gasteiger partial charge on any atom is 0.187 e. The second kappa shape index (κ2) is 13.1. The summed E-state index contributed by atoms with van der Waals surface area (Å²) in [4.78, 5) is 0. The Morgan fingerprint density at radius 2 is 0.732 bits per heavy atom. The van der Waals surface area contributed by atoms with Gasteiger partial charge in [0.2, 0.25) is 0 Å². The van der Waals surface area contributed by atoms with Crippen molar-refractivity contribution >= 4 is 0 Å². The van der Waals surface area contributed by atoms with E-state index in [1.165, 1.54) is 27.7 Å². The Balaban J connectivity index is 1.53. The van der Waals surface area contributed by atoms with Gasteiger partial charge in [-0.25, -0.2) is 0 Å². The molecule has 4 fully saturated rings. The molecule has 20 atom stereocenters. The van der Waals surface area contributed by atoms with Crippen molar-refractivity contribution in [3.05, 3.63) is 0 Å². The maximum atomic E-state index is 11.1. The van der Waals surface area contributed by atoms with Crippen LogP contribution in [0.3, 0.4) is 0 Å². The third kappa shape index (κ3) is 6.57. The summed E-state index contributed by atoms with van der Waals surface area (Å²) in [5.74, 6) is 0. The number of ether oxygens (including phenoxy) is 7. The SMILES string of the molecule is C[C@H]1O[C@H](O[C@@H]2[C@@H](O[C@@H]3[C@H](O)[C@@H](O[C@H]4[C@H](O)[C@@H](C)OC(O)[C@H]4O)O[C@H](C)[C@H]3O)O[C@H](C)[C@@H](O)[C@@H]2O)[C@@H](O)[C@@H](O)[C@@H]1O. The smallest absolute Gasteiger partial charge is 0.187 e. The van der Waals surface area contributed by atoms with Gasteiger partial charge in [0.25, 0.3) is 0 Å². The maximum absolute atomic E-state index is 11.1. The predicted octanol–water partition coefficient (Wildman–Crippen LogP) is -5.64. The fourth-order valence-electron chi connectivity index (χ4n) is 5.29. The van der Waals surface area contributed by atoms with Gasteiger partial charge in [-0.1, -0.05) is 0 Å². The van der Waals surface area contributed by atoms with Gasteiger partial charge in [-0.3, -0.25) is 0 Å². The van der Waals surface area contributed by atoms with Gasteiger partial charge < -0.3 is 84.2 Å². The highest BCUT2D eigenvalue weighted by Crippen LogP contribution is 2.34. The lowest BCUT2D eigenvalue weighted by molar-refractivity contribution is -0.391. The zero-order valence-electron chi connectivity index (χ0n) is 22.9. The molecular formula is C24H42O17. The first-order valence-electron chi connectivity index (χ1n) is 13.5. The van der Waals surface area contributed by atoms with E-state index in [9.17, 15) is 51.1 Å². The molecule has 0 aliphatic carbocycles. The number of hydrogen-bond donors (Lipinski definition) is 10. The Hall–Kier alpha value is -0.680. The van der Waals surface area contributed by atoms with E-state index in [0.29, 0.717) is 0 Å². The quantitative estimate of drug-likeness (QED) is 0.136. The lowest BCUT2D eigenvalue weighted by Gasteiger charge is -2.49. The molecule has 10 N–H and O–H groups in total. The third-order valence-corrected chi connectivity index (χ3v) is 8.05. The van der Waals surface area contributed by atoms with Crippen molar-refractivity contribution in [3.63, 3.8) is 0 Å². The van der Waals surface area contributed by atoms with E-state index in [4.69, 9.17) is 33.2 Å². The van der Waals surface area contributed by atoms with Crippen LogP contribution in [-0.2, 0) is 33.2 Å². The molecule has 41 heavy (non-hydrogen) atoms. The molecule has 0 radical (unpaired) electrons. The van der Waals surface area contributed by atoms with Crippen molar-refractivity contribution in [2.45, 2.75) is 151 Å². The van der Waals surface area contributed by atoms with Crippen LogP contribution >= 0.6 is 0 Å². The summed E-state index contributed by atoms with van der Waals surface area (Å²) in [6.45, 7) is 5.69. The van der Waals surface area contributed by atoms with Gasteiger partial charge in [-0.05, 0) is 27.7 Å². The van der Waals surface area contributed by atoms with Gasteiger partial charge in [0, 0.05) is 0 Å². The topological polar surface area (TPSA) is 267 Å². The Morgan fingerprint density at radius 1 is 0.341 bits per heavy atom. The Bertz CT molecular complexity index is 839. The standard InChI is InChI=1S/C24H42O17/c1-5-9(25)13(29)15(31)22(36-5)41-20-14(30)10(26)6(2)38-24(20)40-19-12(28)8(4)37-23(17(19)33)39-18-11(27)7(3)35-21(34)16(18)32/h5-34H,1-4H3/t5-,6-,7-,8-,9-,10-,11-,12-,13+,14+,15+,16+,17+,18+,19+,20+,21?,22-,23-,24-/m1/s1. The molecule has 1 unspecified atom stereocenters. The molecule has 17 heteroatoms. The van der Waals surface area contributed by atoms with Crippen LogP contribution in [0.5, 0.6) is 0 Å². The second-order valence-electron chi connectivity index (χ2n) is 11.1. The molecule has 4 rings (SSSR count). The molecule has 0 spiro atoms. The van der Waals surface area contributed by atoms with E-state index in [1.54, 1.807) is 0 Å². The van der Waals surface area contributed by atoms with E-state index < -0.39 is 123 Å². The molecule has 4 aliphatic rings. The first-order chi connectivity index (χ1) is 19.1. The zero-order chi connectivity index (χ0) is 30.5. The zero-order valence-corrected chi connectivity index (χ0v) is 22.9. The number of aliphatic hydroxyl groups is 10. The fraction of sp³-hybridized carbons (Fsp3) is 1.00. The highest BCUT2D eigenvalue weighted by molar-refractivity contribution is 4.96. The normalized spacial score (nSPS) is 56.9. The summed E-state index contributed by atoms with van der Waals surface area (Å²) in [5.41, 5.74) is 0. The first kappa shape index (κ1) is 33.2.